The van der Waals surface area contributed by atoms with Crippen LogP contribution in [0.5, 0.6) is 5.75 Å². The second-order valence-corrected chi connectivity index (χ2v) is 6.82. The average Bonchev–Trinajstić information content (AvgIpc) is 2.88. The normalized spacial score (nSPS) is 11.5. The largest absolute Gasteiger partial charge is 0.497 e. The van der Waals surface area contributed by atoms with Crippen LogP contribution in [0.2, 0.25) is 0 Å². The minimum Gasteiger partial charge on any atom is -0.497 e. The van der Waals surface area contributed by atoms with E-state index in [2.05, 4.69) is 9.71 Å². The van der Waals surface area contributed by atoms with Gasteiger partial charge in [-0.3, -0.25) is 0 Å². The monoisotopic (exact) mass is 319 g/mol. The molecule has 1 heterocycles. The number of aromatic nitrogens is 1. The first kappa shape index (κ1) is 13.8. The summed E-state index contributed by atoms with van der Waals surface area (Å²) < 4.78 is 34.2. The molecule has 1 aromatic heterocycles. The van der Waals surface area contributed by atoms with Gasteiger partial charge in [0.1, 0.15) is 5.75 Å². The number of para-hydroxylation sites is 1. The Balaban J connectivity index is 1.91. The van der Waals surface area contributed by atoms with Gasteiger partial charge in [0.25, 0.3) is 0 Å². The van der Waals surface area contributed by atoms with Gasteiger partial charge >= 0.3 is 0 Å². The molecule has 108 valence electrons. The third kappa shape index (κ3) is 2.84. The average molecular weight is 319 g/mol. The van der Waals surface area contributed by atoms with Gasteiger partial charge in [0.2, 0.25) is 10.0 Å². The lowest BCUT2D eigenvalue weighted by Crippen LogP contribution is -1.97. The number of benzene rings is 2. The van der Waals surface area contributed by atoms with E-state index >= 15 is 0 Å². The highest BCUT2D eigenvalue weighted by Crippen LogP contribution is 2.35. The minimum absolute atomic E-state index is 0.113. The van der Waals surface area contributed by atoms with Gasteiger partial charge in [-0.2, -0.15) is 0 Å². The number of nitrogens with zero attached hydrogens (tertiary/aromatic N) is 2. The molecule has 2 aromatic carbocycles. The van der Waals surface area contributed by atoms with E-state index in [-0.39, 0.29) is 10.0 Å². The molecular weight excluding hydrogens is 308 g/mol. The van der Waals surface area contributed by atoms with Crippen molar-refractivity contribution in [3.8, 4) is 5.75 Å². The molecule has 3 rings (SSSR count). The molecular formula is C14H11N2O3S2-. The fraction of sp³-hybridized carbons (Fsp3) is 0.0714. The molecule has 0 aliphatic rings. The Hall–Kier alpha value is -2.12. The lowest BCUT2D eigenvalue weighted by atomic mass is 10.3. The fourth-order valence-electron chi connectivity index (χ4n) is 1.80. The van der Waals surface area contributed by atoms with Gasteiger partial charge in [-0.1, -0.05) is 18.2 Å². The molecule has 0 N–H and O–H groups in total. The molecule has 0 amide bonds. The van der Waals surface area contributed by atoms with Gasteiger partial charge in [0.15, 0.2) is 0 Å². The fourth-order valence-corrected chi connectivity index (χ4v) is 3.78. The number of fused-ring (bicyclic) bond motifs is 1. The van der Waals surface area contributed by atoms with Crippen molar-refractivity contribution in [3.05, 3.63) is 53.3 Å². The Kier molecular flexibility index (Phi) is 3.52. The zero-order chi connectivity index (χ0) is 14.9. The zero-order valence-corrected chi connectivity index (χ0v) is 12.7. The molecule has 0 atom stereocenters. The van der Waals surface area contributed by atoms with E-state index in [0.29, 0.717) is 5.75 Å². The van der Waals surface area contributed by atoms with Crippen molar-refractivity contribution in [1.82, 2.24) is 4.98 Å². The number of sulfonamides is 1. The number of methoxy groups -OCH3 is 1. The van der Waals surface area contributed by atoms with Crippen LogP contribution >= 0.6 is 11.3 Å². The summed E-state index contributed by atoms with van der Waals surface area (Å²) in [6, 6.07) is 13.5. The summed E-state index contributed by atoms with van der Waals surface area (Å²) in [5.41, 5.74) is 0.742. The van der Waals surface area contributed by atoms with Crippen LogP contribution in [0.3, 0.4) is 0 Å². The first-order valence-electron chi connectivity index (χ1n) is 6.06. The summed E-state index contributed by atoms with van der Waals surface area (Å²) >= 11 is 1.24. The van der Waals surface area contributed by atoms with Crippen LogP contribution in [0.4, 0.5) is 5.13 Å². The molecule has 7 heteroatoms. The molecule has 5 nitrogen and oxygen atoms in total. The summed E-state index contributed by atoms with van der Waals surface area (Å²) in [6.07, 6.45) is 0. The first-order valence-corrected chi connectivity index (χ1v) is 8.32. The van der Waals surface area contributed by atoms with Gasteiger partial charge in [-0.25, -0.2) is 8.42 Å². The Morgan fingerprint density at radius 1 is 1.10 bits per heavy atom. The third-order valence-corrected chi connectivity index (χ3v) is 5.17. The van der Waals surface area contributed by atoms with E-state index in [1.165, 1.54) is 30.6 Å². The molecule has 0 saturated carbocycles. The Labute approximate surface area is 126 Å². The van der Waals surface area contributed by atoms with Crippen LogP contribution in [0.1, 0.15) is 0 Å². The van der Waals surface area contributed by atoms with Gasteiger partial charge in [0.05, 0.1) is 12.0 Å². The maximum absolute atomic E-state index is 12.2. The predicted octanol–water partition coefficient (Wildman–Crippen LogP) is 3.70. The molecule has 0 radical (unpaired) electrons. The van der Waals surface area contributed by atoms with E-state index in [4.69, 9.17) is 4.74 Å². The van der Waals surface area contributed by atoms with Crippen molar-refractivity contribution >= 4 is 36.7 Å². The highest BCUT2D eigenvalue weighted by molar-refractivity contribution is 7.94. The van der Waals surface area contributed by atoms with Gasteiger partial charge in [0, 0.05) is 9.83 Å². The van der Waals surface area contributed by atoms with E-state index in [9.17, 15) is 8.42 Å². The van der Waals surface area contributed by atoms with Crippen molar-refractivity contribution in [2.45, 2.75) is 4.90 Å². The maximum atomic E-state index is 12.2. The first-order chi connectivity index (χ1) is 10.1. The molecule has 0 spiro atoms. The lowest BCUT2D eigenvalue weighted by Gasteiger charge is -2.12. The van der Waals surface area contributed by atoms with Crippen LogP contribution in [-0.2, 0) is 10.0 Å². The predicted molar refractivity (Wildman–Crippen MR) is 82.8 cm³/mol. The van der Waals surface area contributed by atoms with Crippen LogP contribution in [-0.4, -0.2) is 20.5 Å². The van der Waals surface area contributed by atoms with E-state index < -0.39 is 10.0 Å². The number of rotatable bonds is 4. The lowest BCUT2D eigenvalue weighted by molar-refractivity contribution is 0.414. The second kappa shape index (κ2) is 5.34. The van der Waals surface area contributed by atoms with Gasteiger partial charge in [-0.05, 0) is 35.8 Å². The molecule has 0 fully saturated rings. The van der Waals surface area contributed by atoms with Crippen molar-refractivity contribution < 1.29 is 13.2 Å². The van der Waals surface area contributed by atoms with Crippen molar-refractivity contribution in [3.63, 3.8) is 0 Å². The molecule has 0 saturated heterocycles. The van der Waals surface area contributed by atoms with Crippen molar-refractivity contribution in [2.75, 3.05) is 7.11 Å². The topological polar surface area (TPSA) is 70.4 Å². The zero-order valence-electron chi connectivity index (χ0n) is 11.1. The smallest absolute Gasteiger partial charge is 0.202 e. The summed E-state index contributed by atoms with van der Waals surface area (Å²) in [5, 5.41) is 0.229. The van der Waals surface area contributed by atoms with E-state index in [1.54, 1.807) is 12.1 Å². The van der Waals surface area contributed by atoms with E-state index in [0.717, 1.165) is 10.2 Å². The standard InChI is InChI=1S/C14H11N2O3S2/c1-19-10-6-8-11(9-7-10)21(17,18)16-14-15-12-4-2-3-5-13(12)20-14/h2-9H,1H3/q-1. The molecule has 0 bridgehead atoms. The Morgan fingerprint density at radius 3 is 2.48 bits per heavy atom. The summed E-state index contributed by atoms with van der Waals surface area (Å²) in [5.74, 6) is 0.592. The molecule has 21 heavy (non-hydrogen) atoms. The molecule has 3 aromatic rings. The van der Waals surface area contributed by atoms with Gasteiger partial charge in [-0.15, -0.1) is 11.3 Å². The molecule has 0 aliphatic carbocycles. The number of hydrogen-bond donors (Lipinski definition) is 0. The quantitative estimate of drug-likeness (QED) is 0.735. The van der Waals surface area contributed by atoms with E-state index in [1.807, 2.05) is 24.3 Å². The second-order valence-electron chi connectivity index (χ2n) is 4.21. The van der Waals surface area contributed by atoms with Crippen LogP contribution in [0, 0.1) is 0 Å². The van der Waals surface area contributed by atoms with Crippen molar-refractivity contribution in [1.29, 1.82) is 0 Å². The van der Waals surface area contributed by atoms with Crippen molar-refractivity contribution in [2.24, 2.45) is 0 Å². The third-order valence-electron chi connectivity index (χ3n) is 2.84. The SMILES string of the molecule is COc1ccc(S(=O)(=O)[N-]c2nc3ccccc3s2)cc1. The molecule has 0 aliphatic heterocycles. The van der Waals surface area contributed by atoms with Gasteiger partial charge < -0.3 is 14.4 Å². The Morgan fingerprint density at radius 2 is 1.81 bits per heavy atom. The summed E-state index contributed by atoms with van der Waals surface area (Å²) in [4.78, 5) is 4.32. The molecule has 0 unspecified atom stereocenters. The minimum atomic E-state index is -3.77. The van der Waals surface area contributed by atoms with Crippen LogP contribution < -0.4 is 4.74 Å². The summed E-state index contributed by atoms with van der Waals surface area (Å²) in [7, 11) is -2.25. The maximum Gasteiger partial charge on any atom is 0.202 e. The number of thiazole rings is 1. The van der Waals surface area contributed by atoms with Crippen LogP contribution in [0.15, 0.2) is 53.4 Å². The highest BCUT2D eigenvalue weighted by Gasteiger charge is 2.10. The highest BCUT2D eigenvalue weighted by atomic mass is 32.2. The number of hydrogen-bond acceptors (Lipinski definition) is 5. The Bertz CT molecular complexity index is 838. The van der Waals surface area contributed by atoms with Crippen LogP contribution in [0.25, 0.3) is 14.9 Å². The number of ether oxygens (including phenoxy) is 1. The summed E-state index contributed by atoms with van der Waals surface area (Å²) in [6.45, 7) is 0.